The summed E-state index contributed by atoms with van der Waals surface area (Å²) in [6.07, 6.45) is 0.493. The molecule has 2 amide bonds. The van der Waals surface area contributed by atoms with E-state index in [0.29, 0.717) is 18.7 Å². The van der Waals surface area contributed by atoms with E-state index in [1.54, 1.807) is 13.1 Å². The van der Waals surface area contributed by atoms with Gasteiger partial charge < -0.3 is 15.3 Å². The predicted molar refractivity (Wildman–Crippen MR) is 72.2 cm³/mol. The molecule has 1 aromatic rings. The van der Waals surface area contributed by atoms with Gasteiger partial charge in [-0.05, 0) is 32.4 Å². The van der Waals surface area contributed by atoms with E-state index < -0.39 is 5.97 Å². The minimum absolute atomic E-state index is 0.0583. The summed E-state index contributed by atoms with van der Waals surface area (Å²) >= 11 is 0. The van der Waals surface area contributed by atoms with Crippen molar-refractivity contribution in [3.05, 3.63) is 23.5 Å². The number of nitrogens with one attached hydrogen (secondary N) is 1. The second kappa shape index (κ2) is 6.72. The first-order valence-electron chi connectivity index (χ1n) is 6.08. The maximum absolute atomic E-state index is 11.9. The molecule has 0 aliphatic heterocycles. The molecule has 19 heavy (non-hydrogen) atoms. The first kappa shape index (κ1) is 14.9. The van der Waals surface area contributed by atoms with Crippen molar-refractivity contribution >= 4 is 17.7 Å². The third-order valence-corrected chi connectivity index (χ3v) is 2.70. The van der Waals surface area contributed by atoms with Crippen molar-refractivity contribution in [2.45, 2.75) is 26.7 Å². The van der Waals surface area contributed by atoms with Crippen LogP contribution in [-0.4, -0.2) is 40.6 Å². The van der Waals surface area contributed by atoms with Crippen LogP contribution in [0.5, 0.6) is 0 Å². The third-order valence-electron chi connectivity index (χ3n) is 2.70. The van der Waals surface area contributed by atoms with Crippen LogP contribution in [0.25, 0.3) is 0 Å². The molecule has 6 nitrogen and oxygen atoms in total. The Morgan fingerprint density at radius 2 is 2.05 bits per heavy atom. The van der Waals surface area contributed by atoms with Gasteiger partial charge in [0.05, 0.1) is 11.4 Å². The number of aromatic nitrogens is 1. The van der Waals surface area contributed by atoms with Crippen molar-refractivity contribution in [3.63, 3.8) is 0 Å². The molecule has 2 N–H and O–H groups in total. The number of hydrogen-bond donors (Lipinski definition) is 2. The normalized spacial score (nSPS) is 10.1. The summed E-state index contributed by atoms with van der Waals surface area (Å²) in [5, 5.41) is 11.3. The number of pyridine rings is 1. The van der Waals surface area contributed by atoms with E-state index in [0.717, 1.165) is 11.4 Å². The van der Waals surface area contributed by atoms with Crippen LogP contribution in [0.15, 0.2) is 12.1 Å². The van der Waals surface area contributed by atoms with Crippen molar-refractivity contribution in [3.8, 4) is 0 Å². The molecular formula is C13H19N3O3. The minimum Gasteiger partial charge on any atom is -0.481 e. The monoisotopic (exact) mass is 265 g/mol. The van der Waals surface area contributed by atoms with Gasteiger partial charge >= 0.3 is 12.0 Å². The van der Waals surface area contributed by atoms with Gasteiger partial charge in [-0.15, -0.1) is 0 Å². The van der Waals surface area contributed by atoms with Gasteiger partial charge in [-0.3, -0.25) is 9.78 Å². The van der Waals surface area contributed by atoms with E-state index in [-0.39, 0.29) is 12.5 Å². The highest BCUT2D eigenvalue weighted by atomic mass is 16.4. The van der Waals surface area contributed by atoms with E-state index in [1.807, 2.05) is 19.9 Å². The standard InChI is InChI=1S/C13H19N3O3/c1-9-6-7-11(10(2)14-9)15-13(19)16(3)8-4-5-12(17)18/h6-7H,4-5,8H2,1-3H3,(H,15,19)(H,17,18). The number of hydrogen-bond acceptors (Lipinski definition) is 3. The first-order chi connectivity index (χ1) is 8.90. The molecule has 0 aromatic carbocycles. The molecule has 104 valence electrons. The lowest BCUT2D eigenvalue weighted by Crippen LogP contribution is -2.32. The van der Waals surface area contributed by atoms with Gasteiger partial charge in [0.1, 0.15) is 0 Å². The summed E-state index contributed by atoms with van der Waals surface area (Å²) in [6, 6.07) is 3.37. The average Bonchev–Trinajstić information content (AvgIpc) is 2.32. The van der Waals surface area contributed by atoms with Crippen molar-refractivity contribution in [2.24, 2.45) is 0 Å². The summed E-state index contributed by atoms with van der Waals surface area (Å²) in [5.41, 5.74) is 2.32. The Kier molecular flexibility index (Phi) is 5.29. The minimum atomic E-state index is -0.854. The van der Waals surface area contributed by atoms with Gasteiger partial charge in [-0.2, -0.15) is 0 Å². The SMILES string of the molecule is Cc1ccc(NC(=O)N(C)CCCC(=O)O)c(C)n1. The van der Waals surface area contributed by atoms with Crippen LogP contribution < -0.4 is 5.32 Å². The fourth-order valence-electron chi connectivity index (χ4n) is 1.60. The first-order valence-corrected chi connectivity index (χ1v) is 6.08. The van der Waals surface area contributed by atoms with Crippen molar-refractivity contribution in [2.75, 3.05) is 18.9 Å². The summed E-state index contributed by atoms with van der Waals surface area (Å²) in [7, 11) is 1.63. The maximum atomic E-state index is 11.9. The zero-order chi connectivity index (χ0) is 14.4. The Hall–Kier alpha value is -2.11. The molecule has 0 unspecified atom stereocenters. The van der Waals surface area contributed by atoms with Crippen LogP contribution in [0, 0.1) is 13.8 Å². The summed E-state index contributed by atoms with van der Waals surface area (Å²) in [4.78, 5) is 28.0. The molecule has 1 rings (SSSR count). The van der Waals surface area contributed by atoms with Crippen LogP contribution in [-0.2, 0) is 4.79 Å². The molecule has 0 bridgehead atoms. The second-order valence-corrected chi connectivity index (χ2v) is 4.43. The number of amides is 2. The highest BCUT2D eigenvalue weighted by Gasteiger charge is 2.10. The number of carbonyl (C=O) groups is 2. The number of rotatable bonds is 5. The predicted octanol–water partition coefficient (Wildman–Crippen LogP) is 2.03. The van der Waals surface area contributed by atoms with Crippen LogP contribution >= 0.6 is 0 Å². The Labute approximate surface area is 112 Å². The van der Waals surface area contributed by atoms with E-state index in [1.165, 1.54) is 4.90 Å². The molecule has 0 radical (unpaired) electrons. The van der Waals surface area contributed by atoms with Gasteiger partial charge in [0.15, 0.2) is 0 Å². The zero-order valence-corrected chi connectivity index (χ0v) is 11.4. The second-order valence-electron chi connectivity index (χ2n) is 4.43. The van der Waals surface area contributed by atoms with E-state index in [2.05, 4.69) is 10.3 Å². The molecule has 0 spiro atoms. The van der Waals surface area contributed by atoms with Gasteiger partial charge in [0.25, 0.3) is 0 Å². The number of aliphatic carboxylic acids is 1. The summed E-state index contributed by atoms with van der Waals surface area (Å²) < 4.78 is 0. The van der Waals surface area contributed by atoms with Crippen LogP contribution in [0.1, 0.15) is 24.2 Å². The van der Waals surface area contributed by atoms with E-state index >= 15 is 0 Å². The summed E-state index contributed by atoms with van der Waals surface area (Å²) in [6.45, 7) is 4.11. The molecule has 1 aromatic heterocycles. The summed E-state index contributed by atoms with van der Waals surface area (Å²) in [5.74, 6) is -0.854. The largest absolute Gasteiger partial charge is 0.481 e. The fraction of sp³-hybridized carbons (Fsp3) is 0.462. The molecule has 6 heteroatoms. The van der Waals surface area contributed by atoms with Crippen molar-refractivity contribution in [1.82, 2.24) is 9.88 Å². The lowest BCUT2D eigenvalue weighted by atomic mass is 10.2. The lowest BCUT2D eigenvalue weighted by molar-refractivity contribution is -0.137. The van der Waals surface area contributed by atoms with E-state index in [4.69, 9.17) is 5.11 Å². The van der Waals surface area contributed by atoms with Gasteiger partial charge in [-0.1, -0.05) is 0 Å². The van der Waals surface area contributed by atoms with Crippen LogP contribution in [0.2, 0.25) is 0 Å². The quantitative estimate of drug-likeness (QED) is 0.853. The topological polar surface area (TPSA) is 82.5 Å². The Bertz CT molecular complexity index is 474. The molecule has 0 fully saturated rings. The number of anilines is 1. The number of carboxylic acids is 1. The highest BCUT2D eigenvalue weighted by molar-refractivity contribution is 5.89. The Morgan fingerprint density at radius 3 is 2.63 bits per heavy atom. The lowest BCUT2D eigenvalue weighted by Gasteiger charge is -2.18. The molecule has 0 saturated heterocycles. The fourth-order valence-corrected chi connectivity index (χ4v) is 1.60. The smallest absolute Gasteiger partial charge is 0.321 e. The van der Waals surface area contributed by atoms with E-state index in [9.17, 15) is 9.59 Å². The molecule has 0 atom stereocenters. The molecule has 0 saturated carbocycles. The number of carbonyl (C=O) groups excluding carboxylic acids is 1. The highest BCUT2D eigenvalue weighted by Crippen LogP contribution is 2.13. The number of urea groups is 1. The van der Waals surface area contributed by atoms with Gasteiger partial charge in [-0.25, -0.2) is 4.79 Å². The van der Waals surface area contributed by atoms with Crippen molar-refractivity contribution in [1.29, 1.82) is 0 Å². The van der Waals surface area contributed by atoms with Crippen molar-refractivity contribution < 1.29 is 14.7 Å². The number of aryl methyl sites for hydroxylation is 2. The van der Waals surface area contributed by atoms with Gasteiger partial charge in [0, 0.05) is 25.7 Å². The third kappa shape index (κ3) is 4.95. The molecular weight excluding hydrogens is 246 g/mol. The maximum Gasteiger partial charge on any atom is 0.321 e. The average molecular weight is 265 g/mol. The van der Waals surface area contributed by atoms with Crippen LogP contribution in [0.4, 0.5) is 10.5 Å². The molecule has 1 heterocycles. The zero-order valence-electron chi connectivity index (χ0n) is 11.4. The Balaban J connectivity index is 2.51. The molecule has 0 aliphatic rings. The number of carboxylic acid groups (broad SMARTS) is 1. The van der Waals surface area contributed by atoms with Gasteiger partial charge in [0.2, 0.25) is 0 Å². The Morgan fingerprint density at radius 1 is 1.37 bits per heavy atom. The molecule has 0 aliphatic carbocycles. The van der Waals surface area contributed by atoms with Crippen LogP contribution in [0.3, 0.4) is 0 Å². The number of nitrogens with zero attached hydrogens (tertiary/aromatic N) is 2.